The van der Waals surface area contributed by atoms with Gasteiger partial charge < -0.3 is 10.2 Å². The van der Waals surface area contributed by atoms with Gasteiger partial charge in [0.25, 0.3) is 0 Å². The summed E-state index contributed by atoms with van der Waals surface area (Å²) in [6, 6.07) is 8.19. The van der Waals surface area contributed by atoms with Crippen molar-refractivity contribution < 1.29 is 18.0 Å². The van der Waals surface area contributed by atoms with Crippen molar-refractivity contribution in [2.75, 3.05) is 26.2 Å². The number of hydrogen-bond acceptors (Lipinski definition) is 5. The summed E-state index contributed by atoms with van der Waals surface area (Å²) >= 11 is 0. The fourth-order valence-corrected chi connectivity index (χ4v) is 8.99. The molecule has 4 aliphatic carbocycles. The topological polar surface area (TPSA) is 111 Å². The van der Waals surface area contributed by atoms with E-state index in [0.29, 0.717) is 31.3 Å². The zero-order valence-electron chi connectivity index (χ0n) is 18.9. The summed E-state index contributed by atoms with van der Waals surface area (Å²) in [4.78, 5) is 27.6. The van der Waals surface area contributed by atoms with Crippen molar-refractivity contribution in [2.45, 2.75) is 55.9 Å². The van der Waals surface area contributed by atoms with Crippen LogP contribution in [-0.2, 0) is 19.6 Å². The molecule has 1 saturated heterocycles. The Kier molecular flexibility index (Phi) is 5.29. The second kappa shape index (κ2) is 7.81. The van der Waals surface area contributed by atoms with Crippen LogP contribution in [0.2, 0.25) is 0 Å². The zero-order valence-corrected chi connectivity index (χ0v) is 19.7. The predicted octanol–water partition coefficient (Wildman–Crippen LogP) is 1.87. The van der Waals surface area contributed by atoms with Gasteiger partial charge in [0.15, 0.2) is 0 Å². The van der Waals surface area contributed by atoms with Crippen LogP contribution in [0.4, 0.5) is 0 Å². The third kappa shape index (κ3) is 3.73. The lowest BCUT2D eigenvalue weighted by molar-refractivity contribution is -0.164. The SMILES string of the molecule is CC(=O)NC12C[C@H]3C[C@H](C1)CC(C(=O)N1CCN(S(=O)(=O)c4ccccc4C#N)CC1)(C3)C2. The Hall–Kier alpha value is -2.44. The summed E-state index contributed by atoms with van der Waals surface area (Å²) in [5, 5.41) is 12.5. The van der Waals surface area contributed by atoms with Crippen LogP contribution in [0.1, 0.15) is 51.0 Å². The highest BCUT2D eigenvalue weighted by Gasteiger charge is 2.61. The fourth-order valence-electron chi connectivity index (χ4n) is 7.42. The molecule has 0 radical (unpaired) electrons. The predicted molar refractivity (Wildman–Crippen MR) is 120 cm³/mol. The van der Waals surface area contributed by atoms with Gasteiger partial charge in [0.2, 0.25) is 21.8 Å². The largest absolute Gasteiger partial charge is 0.351 e. The number of carbonyl (C=O) groups is 2. The average molecular weight is 471 g/mol. The van der Waals surface area contributed by atoms with Crippen molar-refractivity contribution in [1.29, 1.82) is 5.26 Å². The summed E-state index contributed by atoms with van der Waals surface area (Å²) < 4.78 is 27.7. The molecular formula is C24H30N4O4S. The van der Waals surface area contributed by atoms with Crippen LogP contribution in [0.5, 0.6) is 0 Å². The maximum atomic E-state index is 13.8. The number of sulfonamides is 1. The lowest BCUT2D eigenvalue weighted by Crippen LogP contribution is -2.66. The molecule has 1 aliphatic heterocycles. The van der Waals surface area contributed by atoms with Crippen LogP contribution in [0.15, 0.2) is 29.2 Å². The van der Waals surface area contributed by atoms with E-state index in [1.165, 1.54) is 16.4 Å². The van der Waals surface area contributed by atoms with E-state index in [1.54, 1.807) is 19.1 Å². The van der Waals surface area contributed by atoms with Gasteiger partial charge in [0.1, 0.15) is 6.07 Å². The molecule has 2 atom stereocenters. The maximum Gasteiger partial charge on any atom is 0.244 e. The molecular weight excluding hydrogens is 440 g/mol. The van der Waals surface area contributed by atoms with Crippen molar-refractivity contribution >= 4 is 21.8 Å². The van der Waals surface area contributed by atoms with Crippen molar-refractivity contribution in [3.05, 3.63) is 29.8 Å². The van der Waals surface area contributed by atoms with E-state index in [4.69, 9.17) is 0 Å². The molecule has 1 heterocycles. The van der Waals surface area contributed by atoms with Gasteiger partial charge in [-0.2, -0.15) is 9.57 Å². The number of carbonyl (C=O) groups excluding carboxylic acids is 2. The number of hydrogen-bond donors (Lipinski definition) is 1. The number of nitriles is 1. The summed E-state index contributed by atoms with van der Waals surface area (Å²) in [5.41, 5.74) is -0.577. The van der Waals surface area contributed by atoms with Gasteiger partial charge >= 0.3 is 0 Å². The molecule has 8 nitrogen and oxygen atoms in total. The molecule has 5 fully saturated rings. The van der Waals surface area contributed by atoms with Gasteiger partial charge in [-0.3, -0.25) is 9.59 Å². The Labute approximate surface area is 195 Å². The first-order valence-corrected chi connectivity index (χ1v) is 13.2. The van der Waals surface area contributed by atoms with E-state index >= 15 is 0 Å². The Morgan fingerprint density at radius 2 is 1.70 bits per heavy atom. The number of nitrogens with zero attached hydrogens (tertiary/aromatic N) is 3. The molecule has 0 aromatic heterocycles. The Bertz CT molecular complexity index is 1120. The first-order chi connectivity index (χ1) is 15.7. The van der Waals surface area contributed by atoms with Crippen molar-refractivity contribution in [3.63, 3.8) is 0 Å². The normalized spacial score (nSPS) is 33.5. The van der Waals surface area contributed by atoms with Crippen LogP contribution < -0.4 is 5.32 Å². The summed E-state index contributed by atoms with van der Waals surface area (Å²) in [6.45, 7) is 2.67. The monoisotopic (exact) mass is 470 g/mol. The van der Waals surface area contributed by atoms with Gasteiger partial charge in [-0.1, -0.05) is 12.1 Å². The molecule has 1 N–H and O–H groups in total. The highest BCUT2D eigenvalue weighted by atomic mass is 32.2. The lowest BCUT2D eigenvalue weighted by atomic mass is 9.46. The molecule has 2 amide bonds. The second-order valence-corrected chi connectivity index (χ2v) is 12.4. The highest BCUT2D eigenvalue weighted by molar-refractivity contribution is 7.89. The van der Waals surface area contributed by atoms with E-state index in [9.17, 15) is 23.3 Å². The average Bonchev–Trinajstić information content (AvgIpc) is 2.77. The number of benzene rings is 1. The molecule has 4 bridgehead atoms. The third-order valence-corrected chi connectivity index (χ3v) is 10.1. The summed E-state index contributed by atoms with van der Waals surface area (Å²) in [7, 11) is -3.80. The van der Waals surface area contributed by atoms with Crippen molar-refractivity contribution in [2.24, 2.45) is 17.3 Å². The first kappa shape index (κ1) is 22.4. The third-order valence-electron chi connectivity index (χ3n) is 8.11. The minimum atomic E-state index is -3.80. The van der Waals surface area contributed by atoms with Crippen molar-refractivity contribution in [1.82, 2.24) is 14.5 Å². The van der Waals surface area contributed by atoms with Crippen LogP contribution in [-0.4, -0.2) is 61.2 Å². The Morgan fingerprint density at radius 1 is 1.06 bits per heavy atom. The number of nitrogens with one attached hydrogen (secondary N) is 1. The minimum Gasteiger partial charge on any atom is -0.351 e. The van der Waals surface area contributed by atoms with Gasteiger partial charge in [-0.15, -0.1) is 0 Å². The molecule has 5 aliphatic rings. The highest BCUT2D eigenvalue weighted by Crippen LogP contribution is 2.62. The van der Waals surface area contributed by atoms with Crippen LogP contribution >= 0.6 is 0 Å². The van der Waals surface area contributed by atoms with Crippen LogP contribution in [0.3, 0.4) is 0 Å². The van der Waals surface area contributed by atoms with Gasteiger partial charge in [-0.05, 0) is 62.5 Å². The van der Waals surface area contributed by atoms with Crippen LogP contribution in [0.25, 0.3) is 0 Å². The number of amides is 2. The molecule has 176 valence electrons. The van der Waals surface area contributed by atoms with E-state index < -0.39 is 15.4 Å². The maximum absolute atomic E-state index is 13.8. The number of piperazine rings is 1. The van der Waals surface area contributed by atoms with Gasteiger partial charge in [0, 0.05) is 38.6 Å². The number of rotatable bonds is 4. The molecule has 4 saturated carbocycles. The van der Waals surface area contributed by atoms with E-state index in [2.05, 4.69) is 5.32 Å². The molecule has 1 aromatic carbocycles. The first-order valence-electron chi connectivity index (χ1n) is 11.7. The minimum absolute atomic E-state index is 0.0191. The Balaban J connectivity index is 1.31. The molecule has 9 heteroatoms. The zero-order chi connectivity index (χ0) is 23.4. The fraction of sp³-hybridized carbons (Fsp3) is 0.625. The molecule has 33 heavy (non-hydrogen) atoms. The molecule has 1 aromatic rings. The standard InChI is InChI=1S/C24H30N4O4S/c1-17(29)26-24-13-18-10-19(14-24)12-23(11-18,16-24)22(30)27-6-8-28(9-7-27)33(31,32)21-5-3-2-4-20(21)15-25/h2-5,18-19H,6-14,16H2,1H3,(H,26,29)/t18-,19-,23?,24?/m0/s1. The smallest absolute Gasteiger partial charge is 0.244 e. The quantitative estimate of drug-likeness (QED) is 0.722. The van der Waals surface area contributed by atoms with Crippen LogP contribution in [0, 0.1) is 28.6 Å². The molecule has 0 unspecified atom stereocenters. The molecule has 6 rings (SSSR count). The van der Waals surface area contributed by atoms with Gasteiger partial charge in [0.05, 0.1) is 15.9 Å². The second-order valence-electron chi connectivity index (χ2n) is 10.5. The van der Waals surface area contributed by atoms with E-state index in [-0.39, 0.29) is 40.9 Å². The van der Waals surface area contributed by atoms with Gasteiger partial charge in [-0.25, -0.2) is 8.42 Å². The Morgan fingerprint density at radius 3 is 2.30 bits per heavy atom. The van der Waals surface area contributed by atoms with E-state index in [0.717, 1.165) is 32.1 Å². The van der Waals surface area contributed by atoms with E-state index in [1.807, 2.05) is 11.0 Å². The summed E-state index contributed by atoms with van der Waals surface area (Å²) in [5.74, 6) is 1.02. The molecule has 0 spiro atoms. The summed E-state index contributed by atoms with van der Waals surface area (Å²) in [6.07, 6.45) is 5.50. The lowest BCUT2D eigenvalue weighted by Gasteiger charge is -2.62. The van der Waals surface area contributed by atoms with Crippen molar-refractivity contribution in [3.8, 4) is 6.07 Å².